The molecule has 1 fully saturated rings. The first-order valence-electron chi connectivity index (χ1n) is 6.92. The number of halogens is 1. The molecule has 0 saturated carbocycles. The Kier molecular flexibility index (Phi) is 5.31. The number of hydrogen-bond donors (Lipinski definition) is 2. The fraction of sp³-hybridized carbons (Fsp3) is 0.600. The van der Waals surface area contributed by atoms with Crippen molar-refractivity contribution in [1.29, 1.82) is 0 Å². The van der Waals surface area contributed by atoms with Gasteiger partial charge in [0.05, 0.1) is 12.7 Å². The van der Waals surface area contributed by atoms with Crippen LogP contribution in [0.3, 0.4) is 0 Å². The van der Waals surface area contributed by atoms with Crippen molar-refractivity contribution in [2.45, 2.75) is 44.4 Å². The third kappa shape index (κ3) is 4.56. The third-order valence-corrected chi connectivity index (χ3v) is 3.51. The second-order valence-corrected chi connectivity index (χ2v) is 5.28. The summed E-state index contributed by atoms with van der Waals surface area (Å²) in [5, 5.41) is 13.6. The maximum Gasteiger partial charge on any atom is 0.123 e. The molecular weight excluding hydrogens is 245 g/mol. The van der Waals surface area contributed by atoms with Crippen LogP contribution in [0, 0.1) is 5.82 Å². The molecule has 1 aromatic rings. The van der Waals surface area contributed by atoms with Gasteiger partial charge in [-0.2, -0.15) is 0 Å². The molecule has 19 heavy (non-hydrogen) atoms. The minimum Gasteiger partial charge on any atom is -0.388 e. The molecule has 1 aromatic carbocycles. The molecule has 106 valence electrons. The molecule has 0 aromatic heterocycles. The summed E-state index contributed by atoms with van der Waals surface area (Å²) in [6, 6.07) is 6.61. The van der Waals surface area contributed by atoms with Gasteiger partial charge in [0.25, 0.3) is 0 Å². The Hall–Kier alpha value is -0.970. The van der Waals surface area contributed by atoms with Gasteiger partial charge in [0.1, 0.15) is 5.82 Å². The molecule has 3 nitrogen and oxygen atoms in total. The van der Waals surface area contributed by atoms with Crippen LogP contribution in [0.2, 0.25) is 0 Å². The van der Waals surface area contributed by atoms with Crippen molar-refractivity contribution in [2.24, 2.45) is 0 Å². The second kappa shape index (κ2) is 6.98. The zero-order valence-corrected chi connectivity index (χ0v) is 11.3. The summed E-state index contributed by atoms with van der Waals surface area (Å²) < 4.78 is 18.2. The quantitative estimate of drug-likeness (QED) is 0.861. The Labute approximate surface area is 113 Å². The van der Waals surface area contributed by atoms with Crippen LogP contribution in [0.15, 0.2) is 24.3 Å². The summed E-state index contributed by atoms with van der Waals surface area (Å²) >= 11 is 0. The lowest BCUT2D eigenvalue weighted by Gasteiger charge is -2.27. The van der Waals surface area contributed by atoms with Crippen LogP contribution >= 0.6 is 0 Å². The molecule has 0 spiro atoms. The molecule has 1 aliphatic heterocycles. The van der Waals surface area contributed by atoms with Crippen LogP contribution in [0.5, 0.6) is 0 Å². The number of aliphatic hydroxyl groups excluding tert-OH is 1. The van der Waals surface area contributed by atoms with Crippen molar-refractivity contribution < 1.29 is 14.2 Å². The van der Waals surface area contributed by atoms with Crippen LogP contribution in [0.25, 0.3) is 0 Å². The van der Waals surface area contributed by atoms with Crippen molar-refractivity contribution in [3.63, 3.8) is 0 Å². The van der Waals surface area contributed by atoms with Gasteiger partial charge in [-0.3, -0.25) is 0 Å². The number of rotatable bonds is 5. The van der Waals surface area contributed by atoms with Crippen LogP contribution in [-0.2, 0) is 4.74 Å². The molecule has 1 saturated heterocycles. The zero-order valence-electron chi connectivity index (χ0n) is 11.3. The number of ether oxygens (including phenoxy) is 1. The number of hydrogen-bond acceptors (Lipinski definition) is 3. The molecule has 0 amide bonds. The zero-order chi connectivity index (χ0) is 13.7. The molecule has 4 heteroatoms. The second-order valence-electron chi connectivity index (χ2n) is 5.28. The first-order valence-corrected chi connectivity index (χ1v) is 6.92. The topological polar surface area (TPSA) is 41.5 Å². The van der Waals surface area contributed by atoms with E-state index in [9.17, 15) is 9.50 Å². The Balaban J connectivity index is 1.80. The minimum atomic E-state index is -0.562. The van der Waals surface area contributed by atoms with Gasteiger partial charge in [-0.25, -0.2) is 4.39 Å². The first kappa shape index (κ1) is 14.4. The summed E-state index contributed by atoms with van der Waals surface area (Å²) in [6.07, 6.45) is 2.26. The first-order chi connectivity index (χ1) is 9.15. The van der Waals surface area contributed by atoms with Gasteiger partial charge in [-0.15, -0.1) is 0 Å². The molecule has 1 heterocycles. The number of aliphatic hydroxyl groups is 1. The van der Waals surface area contributed by atoms with Crippen molar-refractivity contribution in [3.05, 3.63) is 35.6 Å². The van der Waals surface area contributed by atoms with Gasteiger partial charge < -0.3 is 15.2 Å². The van der Waals surface area contributed by atoms with E-state index in [-0.39, 0.29) is 11.9 Å². The van der Waals surface area contributed by atoms with Crippen LogP contribution < -0.4 is 5.32 Å². The summed E-state index contributed by atoms with van der Waals surface area (Å²) in [4.78, 5) is 0. The van der Waals surface area contributed by atoms with Crippen molar-refractivity contribution in [1.82, 2.24) is 5.32 Å². The Morgan fingerprint density at radius 2 is 2.16 bits per heavy atom. The fourth-order valence-corrected chi connectivity index (χ4v) is 2.50. The molecule has 1 aliphatic rings. The van der Waals surface area contributed by atoms with Crippen molar-refractivity contribution in [3.8, 4) is 0 Å². The lowest BCUT2D eigenvalue weighted by molar-refractivity contribution is 0.0628. The molecular formula is C15H22FNO2. The standard InChI is InChI=1S/C15H22FNO2/c1-11(17-14-3-2-8-19-10-14)9-15(18)12-4-6-13(16)7-5-12/h4-7,11,14-15,17-18H,2-3,8-10H2,1H3. The van der Waals surface area contributed by atoms with Gasteiger partial charge in [-0.1, -0.05) is 12.1 Å². The summed E-state index contributed by atoms with van der Waals surface area (Å²) in [5.74, 6) is -0.276. The number of benzene rings is 1. The summed E-state index contributed by atoms with van der Waals surface area (Å²) in [7, 11) is 0. The maximum atomic E-state index is 12.8. The molecule has 0 bridgehead atoms. The summed E-state index contributed by atoms with van der Waals surface area (Å²) in [6.45, 7) is 3.66. The molecule has 3 unspecified atom stereocenters. The largest absolute Gasteiger partial charge is 0.388 e. The van der Waals surface area contributed by atoms with Gasteiger partial charge >= 0.3 is 0 Å². The SMILES string of the molecule is CC(CC(O)c1ccc(F)cc1)NC1CCCOC1. The monoisotopic (exact) mass is 267 g/mol. The molecule has 3 atom stereocenters. The smallest absolute Gasteiger partial charge is 0.123 e. The Morgan fingerprint density at radius 3 is 2.79 bits per heavy atom. The van der Waals surface area contributed by atoms with E-state index in [0.29, 0.717) is 12.5 Å². The van der Waals surface area contributed by atoms with E-state index in [1.54, 1.807) is 12.1 Å². The highest BCUT2D eigenvalue weighted by Gasteiger charge is 2.18. The summed E-state index contributed by atoms with van der Waals surface area (Å²) in [5.41, 5.74) is 0.759. The lowest BCUT2D eigenvalue weighted by atomic mass is 10.0. The highest BCUT2D eigenvalue weighted by molar-refractivity contribution is 5.18. The fourth-order valence-electron chi connectivity index (χ4n) is 2.50. The average Bonchev–Trinajstić information content (AvgIpc) is 2.40. The van der Waals surface area contributed by atoms with Gasteiger partial charge in [0.2, 0.25) is 0 Å². The highest BCUT2D eigenvalue weighted by Crippen LogP contribution is 2.19. The Bertz CT molecular complexity index is 376. The predicted octanol–water partition coefficient (Wildman–Crippen LogP) is 2.41. The van der Waals surface area contributed by atoms with E-state index >= 15 is 0 Å². The number of nitrogens with one attached hydrogen (secondary N) is 1. The Morgan fingerprint density at radius 1 is 1.42 bits per heavy atom. The highest BCUT2D eigenvalue weighted by atomic mass is 19.1. The maximum absolute atomic E-state index is 12.8. The molecule has 0 aliphatic carbocycles. The van der Waals surface area contributed by atoms with E-state index in [1.807, 2.05) is 0 Å². The van der Waals surface area contributed by atoms with E-state index in [4.69, 9.17) is 4.74 Å². The van der Waals surface area contributed by atoms with Crippen LogP contribution in [0.4, 0.5) is 4.39 Å². The lowest BCUT2D eigenvalue weighted by Crippen LogP contribution is -2.42. The average molecular weight is 267 g/mol. The van der Waals surface area contributed by atoms with E-state index < -0.39 is 6.10 Å². The van der Waals surface area contributed by atoms with Gasteiger partial charge in [-0.05, 0) is 43.9 Å². The van der Waals surface area contributed by atoms with E-state index in [2.05, 4.69) is 12.2 Å². The van der Waals surface area contributed by atoms with Crippen molar-refractivity contribution in [2.75, 3.05) is 13.2 Å². The van der Waals surface area contributed by atoms with E-state index in [0.717, 1.165) is 31.6 Å². The molecule has 0 radical (unpaired) electrons. The van der Waals surface area contributed by atoms with Gasteiger partial charge in [0.15, 0.2) is 0 Å². The molecule has 2 N–H and O–H groups in total. The minimum absolute atomic E-state index is 0.201. The van der Waals surface area contributed by atoms with Crippen molar-refractivity contribution >= 4 is 0 Å². The molecule has 2 rings (SSSR count). The predicted molar refractivity (Wildman–Crippen MR) is 72.4 cm³/mol. The normalized spacial score (nSPS) is 23.0. The third-order valence-electron chi connectivity index (χ3n) is 3.51. The van der Waals surface area contributed by atoms with Gasteiger partial charge in [0, 0.05) is 18.7 Å². The van der Waals surface area contributed by atoms with E-state index in [1.165, 1.54) is 12.1 Å². The van der Waals surface area contributed by atoms with Crippen LogP contribution in [0.1, 0.15) is 37.9 Å². The van der Waals surface area contributed by atoms with Crippen LogP contribution in [-0.4, -0.2) is 30.4 Å².